The Hall–Kier alpha value is -2.39. The summed E-state index contributed by atoms with van der Waals surface area (Å²) in [6.07, 6.45) is 3.45. The molecule has 8 nitrogen and oxygen atoms in total. The van der Waals surface area contributed by atoms with Crippen LogP contribution in [0, 0.1) is 0 Å². The molecule has 0 aliphatic carbocycles. The second-order valence-corrected chi connectivity index (χ2v) is 7.88. The van der Waals surface area contributed by atoms with Crippen LogP contribution in [0.3, 0.4) is 0 Å². The molecule has 1 N–H and O–H groups in total. The maximum atomic E-state index is 12.4. The SMILES string of the molecule is CON(C)C(=O)c1cccc(NC(=O)CC2SC(N3CCCCC3)=NC2=O)c1. The zero-order valence-corrected chi connectivity index (χ0v) is 16.8. The van der Waals surface area contributed by atoms with Crippen molar-refractivity contribution in [2.24, 2.45) is 4.99 Å². The van der Waals surface area contributed by atoms with Gasteiger partial charge in [-0.05, 0) is 37.5 Å². The number of hydrogen-bond acceptors (Lipinski definition) is 6. The predicted molar refractivity (Wildman–Crippen MR) is 108 cm³/mol. The van der Waals surface area contributed by atoms with Gasteiger partial charge in [-0.1, -0.05) is 17.8 Å². The minimum atomic E-state index is -0.499. The van der Waals surface area contributed by atoms with E-state index in [-0.39, 0.29) is 24.1 Å². The second kappa shape index (κ2) is 9.20. The van der Waals surface area contributed by atoms with Crippen molar-refractivity contribution in [1.29, 1.82) is 0 Å². The summed E-state index contributed by atoms with van der Waals surface area (Å²) in [7, 11) is 2.91. The number of piperidine rings is 1. The molecule has 0 saturated carbocycles. The Balaban J connectivity index is 1.56. The van der Waals surface area contributed by atoms with Crippen LogP contribution in [0.25, 0.3) is 0 Å². The number of likely N-dealkylation sites (tertiary alicyclic amines) is 1. The Bertz CT molecular complexity index is 792. The molecule has 150 valence electrons. The molecule has 1 unspecified atom stereocenters. The van der Waals surface area contributed by atoms with Crippen molar-refractivity contribution in [3.05, 3.63) is 29.8 Å². The highest BCUT2D eigenvalue weighted by Crippen LogP contribution is 2.29. The molecule has 1 fully saturated rings. The van der Waals surface area contributed by atoms with Crippen LogP contribution in [0.4, 0.5) is 5.69 Å². The van der Waals surface area contributed by atoms with E-state index in [2.05, 4.69) is 15.2 Å². The Morgan fingerprint density at radius 1 is 1.32 bits per heavy atom. The first-order valence-electron chi connectivity index (χ1n) is 9.24. The first kappa shape index (κ1) is 20.3. The van der Waals surface area contributed by atoms with E-state index in [4.69, 9.17) is 4.84 Å². The first-order valence-corrected chi connectivity index (χ1v) is 10.1. The molecule has 28 heavy (non-hydrogen) atoms. The number of thioether (sulfide) groups is 1. The molecule has 3 amide bonds. The number of aliphatic imine (C=N–C) groups is 1. The number of hydroxylamine groups is 2. The van der Waals surface area contributed by atoms with Crippen molar-refractivity contribution in [2.75, 3.05) is 32.6 Å². The smallest absolute Gasteiger partial charge is 0.277 e. The molecule has 1 aromatic rings. The van der Waals surface area contributed by atoms with Crippen molar-refractivity contribution in [2.45, 2.75) is 30.9 Å². The Labute approximate surface area is 168 Å². The summed E-state index contributed by atoms with van der Waals surface area (Å²) in [6, 6.07) is 6.60. The van der Waals surface area contributed by atoms with Gasteiger partial charge in [0.1, 0.15) is 5.25 Å². The molecular formula is C19H24N4O4S. The molecule has 1 atom stereocenters. The average Bonchev–Trinajstić information content (AvgIpc) is 3.07. The lowest BCUT2D eigenvalue weighted by Crippen LogP contribution is -2.33. The number of amidine groups is 1. The van der Waals surface area contributed by atoms with Gasteiger partial charge in [-0.2, -0.15) is 4.99 Å². The third kappa shape index (κ3) is 4.90. The molecule has 2 aliphatic rings. The second-order valence-electron chi connectivity index (χ2n) is 6.71. The van der Waals surface area contributed by atoms with Crippen LogP contribution >= 0.6 is 11.8 Å². The fourth-order valence-corrected chi connectivity index (χ4v) is 4.22. The van der Waals surface area contributed by atoms with E-state index in [1.807, 2.05) is 0 Å². The van der Waals surface area contributed by atoms with E-state index in [0.29, 0.717) is 11.3 Å². The van der Waals surface area contributed by atoms with Crippen LogP contribution in [0.2, 0.25) is 0 Å². The summed E-state index contributed by atoms with van der Waals surface area (Å²) in [4.78, 5) is 47.9. The molecule has 0 aromatic heterocycles. The lowest BCUT2D eigenvalue weighted by molar-refractivity contribution is -0.121. The monoisotopic (exact) mass is 404 g/mol. The zero-order valence-electron chi connectivity index (χ0n) is 16.0. The van der Waals surface area contributed by atoms with Crippen molar-refractivity contribution in [1.82, 2.24) is 9.96 Å². The molecule has 1 aromatic carbocycles. The maximum absolute atomic E-state index is 12.4. The fraction of sp³-hybridized carbons (Fsp3) is 0.474. The van der Waals surface area contributed by atoms with Crippen LogP contribution in [0.1, 0.15) is 36.0 Å². The predicted octanol–water partition coefficient (Wildman–Crippen LogP) is 2.13. The highest BCUT2D eigenvalue weighted by atomic mass is 32.2. The van der Waals surface area contributed by atoms with Gasteiger partial charge in [0.05, 0.1) is 7.11 Å². The van der Waals surface area contributed by atoms with Crippen LogP contribution in [-0.2, 0) is 14.4 Å². The molecule has 2 aliphatic heterocycles. The number of amides is 3. The minimum absolute atomic E-state index is 0.0422. The van der Waals surface area contributed by atoms with Crippen LogP contribution in [-0.4, -0.2) is 65.3 Å². The number of benzene rings is 1. The topological polar surface area (TPSA) is 91.3 Å². The third-order valence-corrected chi connectivity index (χ3v) is 5.89. The summed E-state index contributed by atoms with van der Waals surface area (Å²) in [6.45, 7) is 1.82. The molecular weight excluding hydrogens is 380 g/mol. The Morgan fingerprint density at radius 2 is 2.07 bits per heavy atom. The van der Waals surface area contributed by atoms with Gasteiger partial charge in [-0.3, -0.25) is 19.2 Å². The fourth-order valence-electron chi connectivity index (χ4n) is 3.10. The number of anilines is 1. The van der Waals surface area contributed by atoms with Crippen LogP contribution < -0.4 is 5.32 Å². The van der Waals surface area contributed by atoms with Gasteiger partial charge >= 0.3 is 0 Å². The molecule has 2 heterocycles. The standard InChI is InChI=1S/C19H24N4O4S/c1-22(27-2)18(26)13-7-6-8-14(11-13)20-16(24)12-15-17(25)21-19(28-15)23-9-4-3-5-10-23/h6-8,11,15H,3-5,9-10,12H2,1-2H3,(H,20,24). The lowest BCUT2D eigenvalue weighted by Gasteiger charge is -2.27. The van der Waals surface area contributed by atoms with Gasteiger partial charge in [-0.25, -0.2) is 5.06 Å². The van der Waals surface area contributed by atoms with Gasteiger partial charge in [0.2, 0.25) is 5.91 Å². The molecule has 0 bridgehead atoms. The third-order valence-electron chi connectivity index (χ3n) is 4.68. The van der Waals surface area contributed by atoms with Crippen molar-refractivity contribution in [3.8, 4) is 0 Å². The lowest BCUT2D eigenvalue weighted by atomic mass is 10.1. The first-order chi connectivity index (χ1) is 13.5. The van der Waals surface area contributed by atoms with Gasteiger partial charge < -0.3 is 10.2 Å². The normalized spacial score (nSPS) is 19.4. The van der Waals surface area contributed by atoms with Gasteiger partial charge in [-0.15, -0.1) is 0 Å². The Morgan fingerprint density at radius 3 is 2.79 bits per heavy atom. The Kier molecular flexibility index (Phi) is 6.69. The molecule has 1 saturated heterocycles. The zero-order chi connectivity index (χ0) is 20.1. The maximum Gasteiger partial charge on any atom is 0.277 e. The van der Waals surface area contributed by atoms with E-state index >= 15 is 0 Å². The highest BCUT2D eigenvalue weighted by Gasteiger charge is 2.33. The van der Waals surface area contributed by atoms with Crippen LogP contribution in [0.5, 0.6) is 0 Å². The van der Waals surface area contributed by atoms with Gasteiger partial charge in [0, 0.05) is 37.8 Å². The summed E-state index contributed by atoms with van der Waals surface area (Å²) < 4.78 is 0. The molecule has 9 heteroatoms. The number of nitrogens with zero attached hydrogens (tertiary/aromatic N) is 3. The van der Waals surface area contributed by atoms with E-state index in [9.17, 15) is 14.4 Å². The number of carbonyl (C=O) groups excluding carboxylic acids is 3. The van der Waals surface area contributed by atoms with Crippen molar-refractivity contribution in [3.63, 3.8) is 0 Å². The van der Waals surface area contributed by atoms with E-state index in [1.165, 1.54) is 32.3 Å². The summed E-state index contributed by atoms with van der Waals surface area (Å²) in [5, 5.41) is 4.10. The van der Waals surface area contributed by atoms with Gasteiger partial charge in [0.25, 0.3) is 11.8 Å². The van der Waals surface area contributed by atoms with Crippen LogP contribution in [0.15, 0.2) is 29.3 Å². The average molecular weight is 404 g/mol. The number of rotatable bonds is 5. The quantitative estimate of drug-likeness (QED) is 0.756. The minimum Gasteiger partial charge on any atom is -0.351 e. The van der Waals surface area contributed by atoms with Crippen molar-refractivity contribution >= 4 is 40.3 Å². The molecule has 0 spiro atoms. The number of carbonyl (C=O) groups is 3. The highest BCUT2D eigenvalue weighted by molar-refractivity contribution is 8.15. The largest absolute Gasteiger partial charge is 0.351 e. The summed E-state index contributed by atoms with van der Waals surface area (Å²) >= 11 is 1.37. The van der Waals surface area contributed by atoms with E-state index < -0.39 is 5.25 Å². The van der Waals surface area contributed by atoms with E-state index in [0.717, 1.165) is 36.2 Å². The summed E-state index contributed by atoms with van der Waals surface area (Å²) in [5.41, 5.74) is 0.886. The molecule has 3 rings (SSSR count). The van der Waals surface area contributed by atoms with E-state index in [1.54, 1.807) is 24.3 Å². The van der Waals surface area contributed by atoms with Crippen molar-refractivity contribution < 1.29 is 19.2 Å². The number of nitrogens with one attached hydrogen (secondary N) is 1. The number of hydrogen-bond donors (Lipinski definition) is 1. The van der Waals surface area contributed by atoms with Gasteiger partial charge in [0.15, 0.2) is 5.17 Å². The summed E-state index contributed by atoms with van der Waals surface area (Å²) in [5.74, 6) is -0.864. The molecule has 0 radical (unpaired) electrons.